The third-order valence-corrected chi connectivity index (χ3v) is 3.38. The van der Waals surface area contributed by atoms with E-state index in [1.54, 1.807) is 0 Å². The van der Waals surface area contributed by atoms with Crippen molar-refractivity contribution >= 4 is 21.9 Å². The molecule has 0 spiro atoms. The third-order valence-electron chi connectivity index (χ3n) is 2.77. The van der Waals surface area contributed by atoms with Crippen LogP contribution in [0.25, 0.3) is 0 Å². The molecule has 6 nitrogen and oxygen atoms in total. The number of hydrogen-bond acceptors (Lipinski definition) is 4. The lowest BCUT2D eigenvalue weighted by molar-refractivity contribution is 0.0684. The Bertz CT molecular complexity index is 691. The number of nitrogens with zero attached hydrogens (tertiary/aromatic N) is 3. The van der Waals surface area contributed by atoms with E-state index in [0.717, 1.165) is 10.7 Å². The predicted octanol–water partition coefficient (Wildman–Crippen LogP) is 2.21. The van der Waals surface area contributed by atoms with Gasteiger partial charge in [0.05, 0.1) is 23.3 Å². The van der Waals surface area contributed by atoms with E-state index >= 15 is 0 Å². The van der Waals surface area contributed by atoms with Gasteiger partial charge in [-0.25, -0.2) is 18.3 Å². The van der Waals surface area contributed by atoms with E-state index < -0.39 is 17.6 Å². The Balaban J connectivity index is 2.45. The molecule has 112 valence electrons. The Hall–Kier alpha value is -1.87. The molecule has 2 rings (SSSR count). The van der Waals surface area contributed by atoms with Crippen LogP contribution in [-0.2, 0) is 17.9 Å². The molecule has 0 saturated heterocycles. The Kier molecular flexibility index (Phi) is 4.63. The Morgan fingerprint density at radius 1 is 1.48 bits per heavy atom. The number of carboxylic acid groups (broad SMARTS) is 1. The van der Waals surface area contributed by atoms with Crippen LogP contribution >= 0.6 is 15.9 Å². The van der Waals surface area contributed by atoms with Crippen LogP contribution in [0.5, 0.6) is 0 Å². The maximum Gasteiger partial charge on any atom is 0.358 e. The second-order valence-corrected chi connectivity index (χ2v) is 4.96. The van der Waals surface area contributed by atoms with E-state index in [4.69, 9.17) is 9.84 Å². The third kappa shape index (κ3) is 3.08. The van der Waals surface area contributed by atoms with E-state index in [0.29, 0.717) is 0 Å². The summed E-state index contributed by atoms with van der Waals surface area (Å²) in [5.74, 6) is -2.82. The molecule has 1 aromatic heterocycles. The number of aromatic carboxylic acids is 1. The molecule has 0 radical (unpaired) electrons. The first-order valence-electron chi connectivity index (χ1n) is 5.72. The number of carboxylic acids is 1. The monoisotopic (exact) mass is 361 g/mol. The van der Waals surface area contributed by atoms with Crippen LogP contribution in [0.3, 0.4) is 0 Å². The van der Waals surface area contributed by atoms with Gasteiger partial charge in [0.25, 0.3) is 0 Å². The zero-order valence-electron chi connectivity index (χ0n) is 10.8. The Labute approximate surface area is 126 Å². The van der Waals surface area contributed by atoms with Gasteiger partial charge in [0, 0.05) is 12.7 Å². The second kappa shape index (κ2) is 6.27. The summed E-state index contributed by atoms with van der Waals surface area (Å²) < 4.78 is 33.7. The summed E-state index contributed by atoms with van der Waals surface area (Å²) in [6.45, 7) is -0.387. The predicted molar refractivity (Wildman–Crippen MR) is 70.9 cm³/mol. The number of ether oxygens (including phenoxy) is 1. The highest BCUT2D eigenvalue weighted by Crippen LogP contribution is 2.23. The summed E-state index contributed by atoms with van der Waals surface area (Å²) in [7, 11) is 1.36. The van der Waals surface area contributed by atoms with Crippen LogP contribution in [0.4, 0.5) is 8.78 Å². The SMILES string of the molecule is COCc1c(C(=O)O)nnn1Cc1c(F)ccc(Br)c1F. The van der Waals surface area contributed by atoms with Crippen LogP contribution in [0.2, 0.25) is 0 Å². The van der Waals surface area contributed by atoms with Crippen molar-refractivity contribution in [1.29, 1.82) is 0 Å². The van der Waals surface area contributed by atoms with Gasteiger partial charge < -0.3 is 9.84 Å². The molecule has 2 aromatic rings. The maximum atomic E-state index is 13.9. The number of hydrogen-bond donors (Lipinski definition) is 1. The quantitative estimate of drug-likeness (QED) is 0.826. The Morgan fingerprint density at radius 3 is 2.81 bits per heavy atom. The zero-order chi connectivity index (χ0) is 15.6. The summed E-state index contributed by atoms with van der Waals surface area (Å²) in [4.78, 5) is 11.0. The van der Waals surface area contributed by atoms with Crippen molar-refractivity contribution in [2.45, 2.75) is 13.2 Å². The van der Waals surface area contributed by atoms with Gasteiger partial charge in [-0.15, -0.1) is 5.10 Å². The van der Waals surface area contributed by atoms with Gasteiger partial charge in [0.1, 0.15) is 11.6 Å². The summed E-state index contributed by atoms with van der Waals surface area (Å²) in [6, 6.07) is 2.35. The highest BCUT2D eigenvalue weighted by molar-refractivity contribution is 9.10. The van der Waals surface area contributed by atoms with Gasteiger partial charge >= 0.3 is 5.97 Å². The Morgan fingerprint density at radius 2 is 2.19 bits per heavy atom. The summed E-state index contributed by atoms with van der Waals surface area (Å²) in [5, 5.41) is 16.1. The van der Waals surface area contributed by atoms with Crippen LogP contribution in [0, 0.1) is 11.6 Å². The van der Waals surface area contributed by atoms with E-state index in [-0.39, 0.29) is 34.6 Å². The molecule has 0 aliphatic heterocycles. The standard InChI is InChI=1S/C12H10BrF2N3O3/c1-21-5-9-11(12(19)20)16-17-18(9)4-6-8(14)3-2-7(13)10(6)15/h2-3H,4-5H2,1H3,(H,19,20). The van der Waals surface area contributed by atoms with Gasteiger partial charge in [-0.05, 0) is 28.1 Å². The minimum absolute atomic E-state index is 0.0914. The minimum Gasteiger partial charge on any atom is -0.476 e. The smallest absolute Gasteiger partial charge is 0.358 e. The first-order valence-corrected chi connectivity index (χ1v) is 6.52. The van der Waals surface area contributed by atoms with Crippen molar-refractivity contribution < 1.29 is 23.4 Å². The molecule has 1 N–H and O–H groups in total. The number of methoxy groups -OCH3 is 1. The fourth-order valence-electron chi connectivity index (χ4n) is 1.77. The largest absolute Gasteiger partial charge is 0.476 e. The molecule has 0 bridgehead atoms. The number of benzene rings is 1. The van der Waals surface area contributed by atoms with Crippen LogP contribution in [-0.4, -0.2) is 33.2 Å². The van der Waals surface area contributed by atoms with E-state index in [1.807, 2.05) is 0 Å². The minimum atomic E-state index is -1.29. The second-order valence-electron chi connectivity index (χ2n) is 4.10. The number of aromatic nitrogens is 3. The molecule has 21 heavy (non-hydrogen) atoms. The molecule has 0 unspecified atom stereocenters. The lowest BCUT2D eigenvalue weighted by Gasteiger charge is -2.09. The summed E-state index contributed by atoms with van der Waals surface area (Å²) in [5.41, 5.74) is -0.431. The highest BCUT2D eigenvalue weighted by atomic mass is 79.9. The van der Waals surface area contributed by atoms with Crippen LogP contribution in [0.1, 0.15) is 21.7 Å². The average molecular weight is 362 g/mol. The number of rotatable bonds is 5. The van der Waals surface area contributed by atoms with E-state index in [2.05, 4.69) is 26.2 Å². The molecule has 0 aliphatic carbocycles. The van der Waals surface area contributed by atoms with Crippen molar-refractivity contribution in [1.82, 2.24) is 15.0 Å². The van der Waals surface area contributed by atoms with Gasteiger partial charge in [-0.3, -0.25) is 0 Å². The molecule has 0 amide bonds. The fourth-order valence-corrected chi connectivity index (χ4v) is 2.14. The average Bonchev–Trinajstić information content (AvgIpc) is 2.83. The molecule has 0 aliphatic rings. The molecule has 9 heteroatoms. The lowest BCUT2D eigenvalue weighted by atomic mass is 10.2. The van der Waals surface area contributed by atoms with Crippen molar-refractivity contribution in [2.24, 2.45) is 0 Å². The van der Waals surface area contributed by atoms with Gasteiger partial charge in [0.15, 0.2) is 5.69 Å². The first kappa shape index (κ1) is 15.5. The number of halogens is 3. The zero-order valence-corrected chi connectivity index (χ0v) is 12.4. The first-order chi connectivity index (χ1) is 9.95. The van der Waals surface area contributed by atoms with Crippen LogP contribution < -0.4 is 0 Å². The van der Waals surface area contributed by atoms with Gasteiger partial charge in [0.2, 0.25) is 0 Å². The molecule has 0 fully saturated rings. The molecule has 0 saturated carbocycles. The highest BCUT2D eigenvalue weighted by Gasteiger charge is 2.21. The van der Waals surface area contributed by atoms with Gasteiger partial charge in [-0.2, -0.15) is 0 Å². The fraction of sp³-hybridized carbons (Fsp3) is 0.250. The lowest BCUT2D eigenvalue weighted by Crippen LogP contribution is -2.12. The molecule has 1 heterocycles. The molecular formula is C12H10BrF2N3O3. The molecule has 1 aromatic carbocycles. The van der Waals surface area contributed by atoms with Crippen LogP contribution in [0.15, 0.2) is 16.6 Å². The number of carbonyl (C=O) groups is 1. The van der Waals surface area contributed by atoms with E-state index in [1.165, 1.54) is 13.2 Å². The van der Waals surface area contributed by atoms with E-state index in [9.17, 15) is 13.6 Å². The van der Waals surface area contributed by atoms with Crippen molar-refractivity contribution in [3.8, 4) is 0 Å². The molecular weight excluding hydrogens is 352 g/mol. The van der Waals surface area contributed by atoms with Crippen molar-refractivity contribution in [3.63, 3.8) is 0 Å². The van der Waals surface area contributed by atoms with Gasteiger partial charge in [-0.1, -0.05) is 5.21 Å². The topological polar surface area (TPSA) is 77.2 Å². The molecule has 0 atom stereocenters. The van der Waals surface area contributed by atoms with Crippen molar-refractivity contribution in [3.05, 3.63) is 45.2 Å². The summed E-state index contributed by atoms with van der Waals surface area (Å²) in [6.07, 6.45) is 0. The maximum absolute atomic E-state index is 13.9. The summed E-state index contributed by atoms with van der Waals surface area (Å²) >= 11 is 2.97. The van der Waals surface area contributed by atoms with Crippen molar-refractivity contribution in [2.75, 3.05) is 7.11 Å². The normalized spacial score (nSPS) is 10.9.